The van der Waals surface area contributed by atoms with E-state index in [9.17, 15) is 9.59 Å². The van der Waals surface area contributed by atoms with E-state index < -0.39 is 5.91 Å². The van der Waals surface area contributed by atoms with Gasteiger partial charge in [0.05, 0.1) is 6.54 Å². The van der Waals surface area contributed by atoms with Gasteiger partial charge in [-0.15, -0.1) is 6.42 Å². The van der Waals surface area contributed by atoms with Gasteiger partial charge in [-0.3, -0.25) is 9.59 Å². The largest absolute Gasteiger partial charge is 0.366 e. The molecular weight excluding hydrogens is 192 g/mol. The van der Waals surface area contributed by atoms with E-state index in [0.29, 0.717) is 11.1 Å². The fourth-order valence-electron chi connectivity index (χ4n) is 1.02. The van der Waals surface area contributed by atoms with Crippen molar-refractivity contribution < 1.29 is 9.59 Å². The fraction of sp³-hybridized carbons (Fsp3) is 0.0909. The molecule has 2 amide bonds. The summed E-state index contributed by atoms with van der Waals surface area (Å²) < 4.78 is 0. The summed E-state index contributed by atoms with van der Waals surface area (Å²) in [6.45, 7) is 0.177. The van der Waals surface area contributed by atoms with Crippen LogP contribution in [0.15, 0.2) is 24.3 Å². The second kappa shape index (κ2) is 4.82. The first-order valence-electron chi connectivity index (χ1n) is 4.26. The number of hydrogen-bond acceptors (Lipinski definition) is 2. The van der Waals surface area contributed by atoms with Crippen molar-refractivity contribution in [3.8, 4) is 12.3 Å². The van der Waals surface area contributed by atoms with E-state index in [1.165, 1.54) is 24.3 Å². The first kappa shape index (κ1) is 10.8. The average molecular weight is 202 g/mol. The van der Waals surface area contributed by atoms with Gasteiger partial charge in [0.2, 0.25) is 5.91 Å². The topological polar surface area (TPSA) is 72.2 Å². The minimum atomic E-state index is -0.523. The van der Waals surface area contributed by atoms with Crippen LogP contribution >= 0.6 is 0 Å². The molecule has 1 aromatic rings. The van der Waals surface area contributed by atoms with Crippen LogP contribution in [-0.2, 0) is 0 Å². The molecule has 4 nitrogen and oxygen atoms in total. The molecule has 76 valence electrons. The second-order valence-electron chi connectivity index (χ2n) is 2.83. The van der Waals surface area contributed by atoms with Crippen molar-refractivity contribution in [3.63, 3.8) is 0 Å². The van der Waals surface area contributed by atoms with E-state index in [2.05, 4.69) is 11.2 Å². The summed E-state index contributed by atoms with van der Waals surface area (Å²) in [4.78, 5) is 22.1. The maximum absolute atomic E-state index is 11.4. The van der Waals surface area contributed by atoms with Crippen LogP contribution in [0.1, 0.15) is 20.7 Å². The number of terminal acetylenes is 1. The van der Waals surface area contributed by atoms with Gasteiger partial charge >= 0.3 is 0 Å². The lowest BCUT2D eigenvalue weighted by Gasteiger charge is -2.01. The van der Waals surface area contributed by atoms with Crippen molar-refractivity contribution in [1.29, 1.82) is 0 Å². The highest BCUT2D eigenvalue weighted by molar-refractivity contribution is 5.97. The standard InChI is InChI=1S/C11H10N2O2/c1-2-7-13-11(15)9-5-3-8(4-6-9)10(12)14/h1,3-6H,7H2,(H2,12,14)(H,13,15). The van der Waals surface area contributed by atoms with Gasteiger partial charge in [0, 0.05) is 11.1 Å². The van der Waals surface area contributed by atoms with E-state index >= 15 is 0 Å². The number of rotatable bonds is 3. The lowest BCUT2D eigenvalue weighted by molar-refractivity contribution is 0.0955. The van der Waals surface area contributed by atoms with Gasteiger partial charge in [-0.1, -0.05) is 5.92 Å². The Morgan fingerprint density at radius 1 is 1.27 bits per heavy atom. The Morgan fingerprint density at radius 3 is 2.27 bits per heavy atom. The normalized spacial score (nSPS) is 9.00. The highest BCUT2D eigenvalue weighted by atomic mass is 16.2. The quantitative estimate of drug-likeness (QED) is 0.685. The predicted octanol–water partition coefficient (Wildman–Crippen LogP) is 0.148. The summed E-state index contributed by atoms with van der Waals surface area (Å²) in [5.41, 5.74) is 5.86. The minimum absolute atomic E-state index is 0.177. The van der Waals surface area contributed by atoms with E-state index in [4.69, 9.17) is 12.2 Å². The molecule has 0 aliphatic rings. The maximum atomic E-state index is 11.4. The van der Waals surface area contributed by atoms with Crippen molar-refractivity contribution in [2.45, 2.75) is 0 Å². The Kier molecular flexibility index (Phi) is 3.47. The smallest absolute Gasteiger partial charge is 0.252 e. The SMILES string of the molecule is C#CCNC(=O)c1ccc(C(N)=O)cc1. The summed E-state index contributed by atoms with van der Waals surface area (Å²) >= 11 is 0. The molecule has 0 radical (unpaired) electrons. The van der Waals surface area contributed by atoms with Crippen LogP contribution in [0.2, 0.25) is 0 Å². The van der Waals surface area contributed by atoms with Crippen molar-refractivity contribution in [1.82, 2.24) is 5.32 Å². The zero-order chi connectivity index (χ0) is 11.3. The molecule has 0 unspecified atom stereocenters. The molecule has 4 heteroatoms. The Balaban J connectivity index is 2.76. The number of benzene rings is 1. The minimum Gasteiger partial charge on any atom is -0.366 e. The Morgan fingerprint density at radius 2 is 1.80 bits per heavy atom. The van der Waals surface area contributed by atoms with Crippen LogP contribution in [0.3, 0.4) is 0 Å². The van der Waals surface area contributed by atoms with Crippen LogP contribution < -0.4 is 11.1 Å². The highest BCUT2D eigenvalue weighted by Gasteiger charge is 2.05. The van der Waals surface area contributed by atoms with Gasteiger partial charge in [0.15, 0.2) is 0 Å². The lowest BCUT2D eigenvalue weighted by atomic mass is 10.1. The third-order valence-electron chi connectivity index (χ3n) is 1.78. The van der Waals surface area contributed by atoms with Crippen LogP contribution in [0.5, 0.6) is 0 Å². The van der Waals surface area contributed by atoms with Gasteiger partial charge in [-0.25, -0.2) is 0 Å². The first-order chi connectivity index (χ1) is 7.15. The monoisotopic (exact) mass is 202 g/mol. The van der Waals surface area contributed by atoms with E-state index in [1.54, 1.807) is 0 Å². The lowest BCUT2D eigenvalue weighted by Crippen LogP contribution is -2.23. The molecule has 0 aromatic heterocycles. The zero-order valence-electron chi connectivity index (χ0n) is 7.99. The predicted molar refractivity (Wildman–Crippen MR) is 56.1 cm³/mol. The first-order valence-corrected chi connectivity index (χ1v) is 4.26. The molecule has 0 saturated carbocycles. The molecule has 1 rings (SSSR count). The van der Waals surface area contributed by atoms with Gasteiger partial charge in [0.25, 0.3) is 5.91 Å². The molecule has 0 aliphatic carbocycles. The molecule has 3 N–H and O–H groups in total. The van der Waals surface area contributed by atoms with Gasteiger partial charge in [0.1, 0.15) is 0 Å². The number of nitrogens with two attached hydrogens (primary N) is 1. The third kappa shape index (κ3) is 2.85. The van der Waals surface area contributed by atoms with Gasteiger partial charge in [-0.05, 0) is 24.3 Å². The average Bonchev–Trinajstić information content (AvgIpc) is 2.26. The van der Waals surface area contributed by atoms with Gasteiger partial charge < -0.3 is 11.1 Å². The Hall–Kier alpha value is -2.28. The third-order valence-corrected chi connectivity index (χ3v) is 1.78. The molecule has 1 aromatic carbocycles. The van der Waals surface area contributed by atoms with E-state index in [-0.39, 0.29) is 12.5 Å². The number of primary amides is 1. The molecule has 0 fully saturated rings. The van der Waals surface area contributed by atoms with Crippen LogP contribution in [0.4, 0.5) is 0 Å². The second-order valence-corrected chi connectivity index (χ2v) is 2.83. The molecule has 0 heterocycles. The summed E-state index contributed by atoms with van der Waals surface area (Å²) in [5.74, 6) is 1.50. The summed E-state index contributed by atoms with van der Waals surface area (Å²) in [5, 5.41) is 2.51. The van der Waals surface area contributed by atoms with Crippen LogP contribution in [-0.4, -0.2) is 18.4 Å². The van der Waals surface area contributed by atoms with Crippen molar-refractivity contribution in [3.05, 3.63) is 35.4 Å². The van der Waals surface area contributed by atoms with Gasteiger partial charge in [-0.2, -0.15) is 0 Å². The summed E-state index contributed by atoms with van der Waals surface area (Å²) in [7, 11) is 0. The molecule has 0 atom stereocenters. The Bertz CT molecular complexity index is 415. The maximum Gasteiger partial charge on any atom is 0.252 e. The molecule has 0 spiro atoms. The molecule has 15 heavy (non-hydrogen) atoms. The number of carbonyl (C=O) groups excluding carboxylic acids is 2. The van der Waals surface area contributed by atoms with E-state index in [0.717, 1.165) is 0 Å². The number of hydrogen-bond donors (Lipinski definition) is 2. The Labute approximate surface area is 87.5 Å². The van der Waals surface area contributed by atoms with Crippen LogP contribution in [0, 0.1) is 12.3 Å². The number of carbonyl (C=O) groups is 2. The van der Waals surface area contributed by atoms with Crippen molar-refractivity contribution >= 4 is 11.8 Å². The van der Waals surface area contributed by atoms with Crippen molar-refractivity contribution in [2.24, 2.45) is 5.73 Å². The molecule has 0 aliphatic heterocycles. The molecular formula is C11H10N2O2. The number of amides is 2. The highest BCUT2D eigenvalue weighted by Crippen LogP contribution is 2.03. The molecule has 0 saturated heterocycles. The molecule has 0 bridgehead atoms. The van der Waals surface area contributed by atoms with E-state index in [1.807, 2.05) is 0 Å². The summed E-state index contributed by atoms with van der Waals surface area (Å²) in [6.07, 6.45) is 4.99. The fourth-order valence-corrected chi connectivity index (χ4v) is 1.02. The number of nitrogens with one attached hydrogen (secondary N) is 1. The van der Waals surface area contributed by atoms with Crippen molar-refractivity contribution in [2.75, 3.05) is 6.54 Å². The summed E-state index contributed by atoms with van der Waals surface area (Å²) in [6, 6.07) is 6.03. The van der Waals surface area contributed by atoms with Crippen LogP contribution in [0.25, 0.3) is 0 Å². The zero-order valence-corrected chi connectivity index (χ0v) is 7.99.